The molecule has 1 atom stereocenters. The van der Waals surface area contributed by atoms with Gasteiger partial charge in [0.2, 0.25) is 0 Å². The fraction of sp³-hybridized carbons (Fsp3) is 0.500. The summed E-state index contributed by atoms with van der Waals surface area (Å²) < 4.78 is 26.8. The molecule has 0 aliphatic carbocycles. The van der Waals surface area contributed by atoms with E-state index in [9.17, 15) is 8.78 Å². The van der Waals surface area contributed by atoms with Crippen LogP contribution in [0.15, 0.2) is 18.2 Å². The lowest BCUT2D eigenvalue weighted by Crippen LogP contribution is -2.34. The van der Waals surface area contributed by atoms with Gasteiger partial charge >= 0.3 is 0 Å². The minimum atomic E-state index is -0.645. The molecule has 0 amide bonds. The van der Waals surface area contributed by atoms with E-state index in [1.165, 1.54) is 18.2 Å². The van der Waals surface area contributed by atoms with Gasteiger partial charge in [-0.15, -0.1) is 0 Å². The molecule has 0 saturated carbocycles. The fourth-order valence-corrected chi connectivity index (χ4v) is 1.48. The molecule has 0 bridgehead atoms. The summed E-state index contributed by atoms with van der Waals surface area (Å²) in [6, 6.07) is 3.45. The summed E-state index contributed by atoms with van der Waals surface area (Å²) >= 11 is 0. The highest BCUT2D eigenvalue weighted by molar-refractivity contribution is 5.23. The highest BCUT2D eigenvalue weighted by Gasteiger charge is 2.18. The van der Waals surface area contributed by atoms with Crippen LogP contribution in [-0.4, -0.2) is 24.5 Å². The van der Waals surface area contributed by atoms with Crippen molar-refractivity contribution in [1.29, 1.82) is 0 Å². The molecule has 2 N–H and O–H groups in total. The molecule has 0 aliphatic rings. The Hall–Kier alpha value is -1.00. The third-order valence-corrected chi connectivity index (χ3v) is 2.74. The molecule has 1 rings (SSSR count). The number of halogens is 2. The molecular weight excluding hydrogens is 210 g/mol. The average Bonchev–Trinajstić information content (AvgIpc) is 2.16. The first-order chi connectivity index (χ1) is 7.43. The van der Waals surface area contributed by atoms with Crippen LogP contribution in [0.25, 0.3) is 0 Å². The Morgan fingerprint density at radius 3 is 2.19 bits per heavy atom. The van der Waals surface area contributed by atoms with Gasteiger partial charge in [0.25, 0.3) is 0 Å². The van der Waals surface area contributed by atoms with Crippen molar-refractivity contribution in [3.63, 3.8) is 0 Å². The van der Waals surface area contributed by atoms with Crippen molar-refractivity contribution in [3.05, 3.63) is 35.4 Å². The summed E-state index contributed by atoms with van der Waals surface area (Å²) in [7, 11) is 1.88. The predicted octanol–water partition coefficient (Wildman–Crippen LogP) is 2.30. The summed E-state index contributed by atoms with van der Waals surface area (Å²) in [5, 5.41) is 0. The van der Waals surface area contributed by atoms with Gasteiger partial charge in [-0.1, -0.05) is 6.07 Å². The summed E-state index contributed by atoms with van der Waals surface area (Å²) in [5.74, 6) is -1.16. The lowest BCUT2D eigenvalue weighted by molar-refractivity contribution is 0.254. The summed E-state index contributed by atoms with van der Waals surface area (Å²) in [6.45, 7) is 4.43. The Kier molecular flexibility index (Phi) is 4.38. The van der Waals surface area contributed by atoms with Crippen LogP contribution in [0.5, 0.6) is 0 Å². The van der Waals surface area contributed by atoms with Crippen LogP contribution in [0.3, 0.4) is 0 Å². The lowest BCUT2D eigenvalue weighted by atomic mass is 10.1. The molecule has 0 heterocycles. The summed E-state index contributed by atoms with van der Waals surface area (Å²) in [6.07, 6.45) is 0. The first kappa shape index (κ1) is 13.1. The molecule has 1 aromatic rings. The van der Waals surface area contributed by atoms with Crippen molar-refractivity contribution in [2.45, 2.75) is 25.9 Å². The van der Waals surface area contributed by atoms with Crippen molar-refractivity contribution in [3.8, 4) is 0 Å². The quantitative estimate of drug-likeness (QED) is 0.856. The van der Waals surface area contributed by atoms with E-state index in [4.69, 9.17) is 5.73 Å². The third kappa shape index (κ3) is 3.00. The summed E-state index contributed by atoms with van der Waals surface area (Å²) in [4.78, 5) is 1.95. The molecule has 16 heavy (non-hydrogen) atoms. The first-order valence-corrected chi connectivity index (χ1v) is 5.33. The van der Waals surface area contributed by atoms with Crippen molar-refractivity contribution < 1.29 is 8.78 Å². The number of nitrogens with zero attached hydrogens (tertiary/aromatic N) is 1. The third-order valence-electron chi connectivity index (χ3n) is 2.74. The van der Waals surface area contributed by atoms with Crippen LogP contribution < -0.4 is 5.73 Å². The van der Waals surface area contributed by atoms with E-state index >= 15 is 0 Å². The van der Waals surface area contributed by atoms with Crippen LogP contribution in [0.4, 0.5) is 8.78 Å². The topological polar surface area (TPSA) is 29.3 Å². The maximum atomic E-state index is 13.4. The van der Waals surface area contributed by atoms with E-state index in [1.807, 2.05) is 25.8 Å². The number of benzene rings is 1. The van der Waals surface area contributed by atoms with E-state index in [-0.39, 0.29) is 5.56 Å². The van der Waals surface area contributed by atoms with Crippen molar-refractivity contribution >= 4 is 0 Å². The van der Waals surface area contributed by atoms with E-state index in [0.717, 1.165) is 0 Å². The zero-order valence-corrected chi connectivity index (χ0v) is 9.87. The van der Waals surface area contributed by atoms with E-state index < -0.39 is 17.7 Å². The van der Waals surface area contributed by atoms with Gasteiger partial charge < -0.3 is 10.6 Å². The zero-order valence-electron chi connectivity index (χ0n) is 9.87. The lowest BCUT2D eigenvalue weighted by Gasteiger charge is -2.25. The van der Waals surface area contributed by atoms with Gasteiger partial charge in [-0.05, 0) is 33.0 Å². The molecule has 0 aromatic heterocycles. The molecule has 1 unspecified atom stereocenters. The molecule has 1 aromatic carbocycles. The Bertz CT molecular complexity index is 333. The molecule has 0 aliphatic heterocycles. The monoisotopic (exact) mass is 228 g/mol. The Morgan fingerprint density at radius 2 is 1.75 bits per heavy atom. The van der Waals surface area contributed by atoms with Crippen LogP contribution >= 0.6 is 0 Å². The van der Waals surface area contributed by atoms with Gasteiger partial charge in [0, 0.05) is 24.2 Å². The molecule has 4 heteroatoms. The molecule has 0 radical (unpaired) electrons. The molecule has 90 valence electrons. The van der Waals surface area contributed by atoms with Crippen LogP contribution in [0.2, 0.25) is 0 Å². The van der Waals surface area contributed by atoms with Gasteiger partial charge in [-0.25, -0.2) is 8.78 Å². The Balaban J connectivity index is 2.84. The zero-order chi connectivity index (χ0) is 12.3. The normalized spacial score (nSPS) is 13.5. The van der Waals surface area contributed by atoms with Crippen LogP contribution in [-0.2, 0) is 0 Å². The Morgan fingerprint density at radius 1 is 1.25 bits per heavy atom. The minimum absolute atomic E-state index is 0.0324. The fourth-order valence-electron chi connectivity index (χ4n) is 1.48. The number of rotatable bonds is 4. The molecule has 2 nitrogen and oxygen atoms in total. The molecule has 0 spiro atoms. The number of likely N-dealkylation sites (N-methyl/N-ethyl adjacent to an activating group) is 1. The maximum Gasteiger partial charge on any atom is 0.130 e. The van der Waals surface area contributed by atoms with Crippen LogP contribution in [0.1, 0.15) is 25.5 Å². The van der Waals surface area contributed by atoms with Crippen molar-refractivity contribution in [2.75, 3.05) is 13.6 Å². The molecule has 0 fully saturated rings. The molecular formula is C12H18F2N2. The van der Waals surface area contributed by atoms with Crippen molar-refractivity contribution in [1.82, 2.24) is 4.90 Å². The second-order valence-corrected chi connectivity index (χ2v) is 4.28. The van der Waals surface area contributed by atoms with Gasteiger partial charge in [0.1, 0.15) is 11.6 Å². The van der Waals surface area contributed by atoms with E-state index in [1.54, 1.807) is 0 Å². The van der Waals surface area contributed by atoms with Crippen LogP contribution in [0, 0.1) is 11.6 Å². The SMILES string of the molecule is CC(C)N(C)CC(N)c1c(F)cccc1F. The minimum Gasteiger partial charge on any atom is -0.323 e. The first-order valence-electron chi connectivity index (χ1n) is 5.33. The largest absolute Gasteiger partial charge is 0.323 e. The average molecular weight is 228 g/mol. The van der Waals surface area contributed by atoms with Crippen molar-refractivity contribution in [2.24, 2.45) is 5.73 Å². The Labute approximate surface area is 95.1 Å². The van der Waals surface area contributed by atoms with Gasteiger partial charge in [0.15, 0.2) is 0 Å². The second-order valence-electron chi connectivity index (χ2n) is 4.28. The second kappa shape index (κ2) is 5.37. The number of hydrogen-bond acceptors (Lipinski definition) is 2. The highest BCUT2D eigenvalue weighted by Crippen LogP contribution is 2.19. The van der Waals surface area contributed by atoms with Gasteiger partial charge in [0.05, 0.1) is 0 Å². The number of nitrogens with two attached hydrogens (primary N) is 1. The number of hydrogen-bond donors (Lipinski definition) is 1. The predicted molar refractivity (Wildman–Crippen MR) is 61.1 cm³/mol. The summed E-state index contributed by atoms with van der Waals surface area (Å²) in [5.41, 5.74) is 5.78. The molecule has 0 saturated heterocycles. The maximum absolute atomic E-state index is 13.4. The van der Waals surface area contributed by atoms with Gasteiger partial charge in [-0.3, -0.25) is 0 Å². The van der Waals surface area contributed by atoms with Gasteiger partial charge in [-0.2, -0.15) is 0 Å². The smallest absolute Gasteiger partial charge is 0.130 e. The van der Waals surface area contributed by atoms with E-state index in [2.05, 4.69) is 0 Å². The highest BCUT2D eigenvalue weighted by atomic mass is 19.1. The standard InChI is InChI=1S/C12H18F2N2/c1-8(2)16(3)7-11(15)12-9(13)5-4-6-10(12)14/h4-6,8,11H,7,15H2,1-3H3. The van der Waals surface area contributed by atoms with E-state index in [0.29, 0.717) is 12.6 Å².